The first kappa shape index (κ1) is 18.6. The molecule has 0 unspecified atom stereocenters. The van der Waals surface area contributed by atoms with Crippen LogP contribution in [0.2, 0.25) is 0 Å². The molecule has 0 atom stereocenters. The Morgan fingerprint density at radius 2 is 1.81 bits per heavy atom. The number of hydrogen-bond donors (Lipinski definition) is 1. The maximum Gasteiger partial charge on any atom is 0.278 e. The monoisotopic (exact) mass is 372 g/mol. The van der Waals surface area contributed by atoms with Gasteiger partial charge in [0.1, 0.15) is 18.1 Å². The quantitative estimate of drug-likeness (QED) is 0.704. The van der Waals surface area contributed by atoms with Gasteiger partial charge in [0.2, 0.25) is 0 Å². The van der Waals surface area contributed by atoms with Crippen LogP contribution >= 0.6 is 0 Å². The molecule has 0 radical (unpaired) electrons. The second-order valence-corrected chi connectivity index (χ2v) is 6.16. The molecule has 1 N–H and O–H groups in total. The van der Waals surface area contributed by atoms with Crippen LogP contribution in [0.1, 0.15) is 32.9 Å². The summed E-state index contributed by atoms with van der Waals surface area (Å²) in [5, 5.41) is 6.25. The van der Waals surface area contributed by atoms with Gasteiger partial charge in [-0.3, -0.25) is 4.79 Å². The van der Waals surface area contributed by atoms with Crippen LogP contribution in [-0.4, -0.2) is 11.1 Å². The predicted octanol–water partition coefficient (Wildman–Crippen LogP) is 4.71. The number of hydrogen-bond acceptors (Lipinski definition) is 4. The minimum atomic E-state index is -1.05. The lowest BCUT2D eigenvalue weighted by atomic mass is 10.1. The number of carbonyl (C=O) groups excluding carboxylic acids is 1. The number of nitrogens with one attached hydrogen (secondary N) is 1. The molecule has 0 saturated carbocycles. The summed E-state index contributed by atoms with van der Waals surface area (Å²) in [6, 6.07) is 8.88. The van der Waals surface area contributed by atoms with Gasteiger partial charge in [-0.05, 0) is 44.0 Å². The molecule has 7 heteroatoms. The summed E-state index contributed by atoms with van der Waals surface area (Å²) in [6.45, 7) is 5.62. The maximum atomic E-state index is 13.3. The topological polar surface area (TPSA) is 64.4 Å². The predicted molar refractivity (Wildman–Crippen MR) is 95.8 cm³/mol. The maximum absolute atomic E-state index is 13.3. The van der Waals surface area contributed by atoms with Gasteiger partial charge in [-0.1, -0.05) is 23.4 Å². The summed E-state index contributed by atoms with van der Waals surface area (Å²) in [5.41, 5.74) is 2.57. The van der Waals surface area contributed by atoms with Crippen molar-refractivity contribution in [3.8, 4) is 5.75 Å². The number of anilines is 1. The van der Waals surface area contributed by atoms with Crippen molar-refractivity contribution in [2.45, 2.75) is 27.4 Å². The Hall–Kier alpha value is -3.22. The number of halogens is 2. The second-order valence-electron chi connectivity index (χ2n) is 6.16. The molecular weight excluding hydrogens is 354 g/mol. The van der Waals surface area contributed by atoms with Crippen LogP contribution < -0.4 is 10.1 Å². The molecule has 3 rings (SSSR count). The number of carbonyl (C=O) groups is 1. The Balaban J connectivity index is 1.79. The summed E-state index contributed by atoms with van der Waals surface area (Å²) in [5.74, 6) is -1.48. The van der Waals surface area contributed by atoms with Crippen LogP contribution in [0.4, 0.5) is 14.5 Å². The molecule has 0 aliphatic carbocycles. The molecule has 0 aliphatic rings. The van der Waals surface area contributed by atoms with Crippen molar-refractivity contribution < 1.29 is 22.8 Å². The summed E-state index contributed by atoms with van der Waals surface area (Å²) < 4.78 is 37.3. The molecule has 5 nitrogen and oxygen atoms in total. The average molecular weight is 372 g/mol. The molecule has 1 amide bonds. The first-order valence-corrected chi connectivity index (χ1v) is 8.27. The normalized spacial score (nSPS) is 10.7. The van der Waals surface area contributed by atoms with E-state index >= 15 is 0 Å². The molecular formula is C20H18F2N2O3. The van der Waals surface area contributed by atoms with Crippen LogP contribution in [0.15, 0.2) is 40.9 Å². The third-order valence-corrected chi connectivity index (χ3v) is 4.15. The number of aryl methyl sites for hydroxylation is 3. The van der Waals surface area contributed by atoms with Gasteiger partial charge in [-0.15, -0.1) is 0 Å². The largest absolute Gasteiger partial charge is 0.488 e. The molecule has 0 saturated heterocycles. The molecule has 0 aliphatic heterocycles. The van der Waals surface area contributed by atoms with E-state index in [1.807, 2.05) is 32.0 Å². The smallest absolute Gasteiger partial charge is 0.278 e. The molecule has 0 bridgehead atoms. The van der Waals surface area contributed by atoms with Gasteiger partial charge >= 0.3 is 0 Å². The molecule has 0 fully saturated rings. The Kier molecular flexibility index (Phi) is 5.21. The summed E-state index contributed by atoms with van der Waals surface area (Å²) in [7, 11) is 0. The van der Waals surface area contributed by atoms with Crippen molar-refractivity contribution in [1.82, 2.24) is 5.16 Å². The molecule has 0 spiro atoms. The number of aromatic nitrogens is 1. The Labute approximate surface area is 154 Å². The highest BCUT2D eigenvalue weighted by Gasteiger charge is 2.21. The lowest BCUT2D eigenvalue weighted by Gasteiger charge is -2.12. The Bertz CT molecular complexity index is 979. The molecule has 1 heterocycles. The number of ether oxygens (including phenoxy) is 1. The van der Waals surface area contributed by atoms with Gasteiger partial charge in [0.25, 0.3) is 5.91 Å². The summed E-state index contributed by atoms with van der Waals surface area (Å²) in [4.78, 5) is 12.5. The Morgan fingerprint density at radius 3 is 2.48 bits per heavy atom. The van der Waals surface area contributed by atoms with E-state index < -0.39 is 17.5 Å². The van der Waals surface area contributed by atoms with Crippen molar-refractivity contribution in [3.63, 3.8) is 0 Å². The summed E-state index contributed by atoms with van der Waals surface area (Å²) in [6.07, 6.45) is 0. The third-order valence-electron chi connectivity index (χ3n) is 4.15. The van der Waals surface area contributed by atoms with Crippen molar-refractivity contribution >= 4 is 11.6 Å². The van der Waals surface area contributed by atoms with E-state index in [0.29, 0.717) is 11.3 Å². The number of nitrogens with zero attached hydrogens (tertiary/aromatic N) is 1. The van der Waals surface area contributed by atoms with E-state index in [1.165, 1.54) is 6.07 Å². The van der Waals surface area contributed by atoms with Gasteiger partial charge < -0.3 is 14.6 Å². The summed E-state index contributed by atoms with van der Waals surface area (Å²) >= 11 is 0. The zero-order valence-corrected chi connectivity index (χ0v) is 15.1. The number of para-hydroxylation sites is 1. The van der Waals surface area contributed by atoms with E-state index in [1.54, 1.807) is 6.92 Å². The van der Waals surface area contributed by atoms with Crippen LogP contribution in [0, 0.1) is 32.4 Å². The minimum absolute atomic E-state index is 0.0310. The van der Waals surface area contributed by atoms with E-state index in [0.717, 1.165) is 29.0 Å². The molecule has 2 aromatic carbocycles. The fourth-order valence-corrected chi connectivity index (χ4v) is 2.67. The van der Waals surface area contributed by atoms with Crippen molar-refractivity contribution in [3.05, 3.63) is 76.2 Å². The van der Waals surface area contributed by atoms with Gasteiger partial charge in [0, 0.05) is 11.8 Å². The zero-order chi connectivity index (χ0) is 19.6. The fourth-order valence-electron chi connectivity index (χ4n) is 2.67. The van der Waals surface area contributed by atoms with Gasteiger partial charge in [-0.2, -0.15) is 0 Å². The fraction of sp³-hybridized carbons (Fsp3) is 0.200. The first-order chi connectivity index (χ1) is 12.9. The average Bonchev–Trinajstić information content (AvgIpc) is 2.99. The van der Waals surface area contributed by atoms with Crippen molar-refractivity contribution in [2.24, 2.45) is 0 Å². The molecule has 27 heavy (non-hydrogen) atoms. The van der Waals surface area contributed by atoms with E-state index in [4.69, 9.17) is 9.26 Å². The van der Waals surface area contributed by atoms with Crippen molar-refractivity contribution in [2.75, 3.05) is 5.32 Å². The van der Waals surface area contributed by atoms with Crippen LogP contribution in [0.25, 0.3) is 0 Å². The first-order valence-electron chi connectivity index (χ1n) is 8.27. The highest BCUT2D eigenvalue weighted by molar-refractivity contribution is 6.03. The molecule has 140 valence electrons. The van der Waals surface area contributed by atoms with E-state index in [2.05, 4.69) is 10.5 Å². The number of benzene rings is 2. The van der Waals surface area contributed by atoms with Gasteiger partial charge in [-0.25, -0.2) is 8.78 Å². The number of amides is 1. The molecule has 3 aromatic rings. The SMILES string of the molecule is Cc1cccc(C)c1OCc1c(C(=O)Nc2ccc(F)c(F)c2)noc1C. The van der Waals surface area contributed by atoms with E-state index in [9.17, 15) is 13.6 Å². The standard InChI is InChI=1S/C20H18F2N2O3/c1-11-5-4-6-12(2)19(11)26-10-15-13(3)27-24-18(15)20(25)23-14-7-8-16(21)17(22)9-14/h4-9H,10H2,1-3H3,(H,23,25). The van der Waals surface area contributed by atoms with Crippen LogP contribution in [-0.2, 0) is 6.61 Å². The van der Waals surface area contributed by atoms with Crippen molar-refractivity contribution in [1.29, 1.82) is 0 Å². The van der Waals surface area contributed by atoms with Crippen LogP contribution in [0.3, 0.4) is 0 Å². The van der Waals surface area contributed by atoms with Gasteiger partial charge in [0.05, 0.1) is 5.56 Å². The van der Waals surface area contributed by atoms with E-state index in [-0.39, 0.29) is 18.0 Å². The zero-order valence-electron chi connectivity index (χ0n) is 15.1. The Morgan fingerprint density at radius 1 is 1.11 bits per heavy atom. The molecule has 1 aromatic heterocycles. The second kappa shape index (κ2) is 7.57. The lowest BCUT2D eigenvalue weighted by Crippen LogP contribution is -2.15. The minimum Gasteiger partial charge on any atom is -0.488 e. The van der Waals surface area contributed by atoms with Crippen LogP contribution in [0.5, 0.6) is 5.75 Å². The van der Waals surface area contributed by atoms with Gasteiger partial charge in [0.15, 0.2) is 17.3 Å². The number of rotatable bonds is 5. The highest BCUT2D eigenvalue weighted by atomic mass is 19.2. The lowest BCUT2D eigenvalue weighted by molar-refractivity contribution is 0.101. The highest BCUT2D eigenvalue weighted by Crippen LogP contribution is 2.25. The third kappa shape index (κ3) is 3.97.